The fraction of sp³-hybridized carbons (Fsp3) is 0.500. The van der Waals surface area contributed by atoms with Crippen LogP contribution in [-0.4, -0.2) is 20.2 Å². The summed E-state index contributed by atoms with van der Waals surface area (Å²) in [4.78, 5) is 0. The molecule has 1 rings (SSSR count). The van der Waals surface area contributed by atoms with Gasteiger partial charge >= 0.3 is 7.05 Å². The SMILES string of the molecule is CCNB(OCC(C)C)c1ccccc1. The molecule has 1 N–H and O–H groups in total. The third kappa shape index (κ3) is 4.49. The van der Waals surface area contributed by atoms with E-state index in [1.807, 2.05) is 18.2 Å². The predicted molar refractivity (Wildman–Crippen MR) is 66.3 cm³/mol. The summed E-state index contributed by atoms with van der Waals surface area (Å²) in [5.41, 5.74) is 1.19. The van der Waals surface area contributed by atoms with Crippen LogP contribution in [0.5, 0.6) is 0 Å². The Balaban J connectivity index is 2.57. The van der Waals surface area contributed by atoms with Crippen molar-refractivity contribution in [2.24, 2.45) is 5.92 Å². The van der Waals surface area contributed by atoms with Crippen LogP contribution in [0.3, 0.4) is 0 Å². The lowest BCUT2D eigenvalue weighted by atomic mass is 9.73. The molecule has 0 heterocycles. The minimum atomic E-state index is 0.0265. The molecule has 0 radical (unpaired) electrons. The molecule has 0 aromatic heterocycles. The molecule has 82 valence electrons. The van der Waals surface area contributed by atoms with Gasteiger partial charge in [-0.2, -0.15) is 0 Å². The standard InChI is InChI=1S/C12H20BNO/c1-4-14-13(15-10-11(2)3)12-8-6-5-7-9-12/h5-9,11,14H,4,10H2,1-3H3. The molecule has 15 heavy (non-hydrogen) atoms. The van der Waals surface area contributed by atoms with Gasteiger partial charge in [-0.3, -0.25) is 0 Å². The molecule has 1 aromatic carbocycles. The fourth-order valence-corrected chi connectivity index (χ4v) is 1.37. The number of hydrogen-bond acceptors (Lipinski definition) is 2. The Bertz CT molecular complexity index is 264. The maximum absolute atomic E-state index is 5.82. The van der Waals surface area contributed by atoms with Crippen LogP contribution in [0, 0.1) is 5.92 Å². The van der Waals surface area contributed by atoms with Gasteiger partial charge in [0.2, 0.25) is 0 Å². The second kappa shape index (κ2) is 6.65. The van der Waals surface area contributed by atoms with Crippen LogP contribution in [0.15, 0.2) is 30.3 Å². The van der Waals surface area contributed by atoms with Gasteiger partial charge in [-0.05, 0) is 17.9 Å². The van der Waals surface area contributed by atoms with E-state index >= 15 is 0 Å². The van der Waals surface area contributed by atoms with Gasteiger partial charge in [-0.1, -0.05) is 51.1 Å². The van der Waals surface area contributed by atoms with Crippen molar-refractivity contribution >= 4 is 12.5 Å². The highest BCUT2D eigenvalue weighted by atomic mass is 16.4. The van der Waals surface area contributed by atoms with Gasteiger partial charge in [0.25, 0.3) is 0 Å². The van der Waals surface area contributed by atoms with E-state index in [1.54, 1.807) is 0 Å². The Morgan fingerprint density at radius 3 is 2.47 bits per heavy atom. The van der Waals surface area contributed by atoms with Gasteiger partial charge in [-0.15, -0.1) is 0 Å². The quantitative estimate of drug-likeness (QED) is 0.713. The van der Waals surface area contributed by atoms with Crippen molar-refractivity contribution in [3.05, 3.63) is 30.3 Å². The molecule has 0 amide bonds. The third-order valence-electron chi connectivity index (χ3n) is 2.09. The second-order valence-electron chi connectivity index (χ2n) is 4.08. The number of hydrogen-bond donors (Lipinski definition) is 1. The van der Waals surface area contributed by atoms with E-state index in [0.717, 1.165) is 13.2 Å². The van der Waals surface area contributed by atoms with Crippen LogP contribution in [-0.2, 0) is 4.65 Å². The van der Waals surface area contributed by atoms with E-state index in [2.05, 4.69) is 38.1 Å². The Hall–Kier alpha value is -0.795. The average molecular weight is 205 g/mol. The van der Waals surface area contributed by atoms with Gasteiger partial charge in [0.1, 0.15) is 0 Å². The zero-order chi connectivity index (χ0) is 11.1. The first-order valence-electron chi connectivity index (χ1n) is 5.64. The highest BCUT2D eigenvalue weighted by molar-refractivity contribution is 6.64. The van der Waals surface area contributed by atoms with Crippen LogP contribution in [0.25, 0.3) is 0 Å². The summed E-state index contributed by atoms with van der Waals surface area (Å²) in [7, 11) is 0.0265. The van der Waals surface area contributed by atoms with E-state index in [9.17, 15) is 0 Å². The topological polar surface area (TPSA) is 21.3 Å². The lowest BCUT2D eigenvalue weighted by Crippen LogP contribution is -2.48. The molecule has 0 aliphatic rings. The number of nitrogens with one attached hydrogen (secondary N) is 1. The van der Waals surface area contributed by atoms with Gasteiger partial charge < -0.3 is 9.88 Å². The zero-order valence-electron chi connectivity index (χ0n) is 9.86. The summed E-state index contributed by atoms with van der Waals surface area (Å²) in [6.45, 7) is 8.11. The van der Waals surface area contributed by atoms with Gasteiger partial charge in [0, 0.05) is 6.61 Å². The molecular formula is C12H20BNO. The summed E-state index contributed by atoms with van der Waals surface area (Å²) < 4.78 is 5.82. The summed E-state index contributed by atoms with van der Waals surface area (Å²) in [6.07, 6.45) is 0. The molecule has 1 aromatic rings. The van der Waals surface area contributed by atoms with Crippen molar-refractivity contribution in [1.29, 1.82) is 0 Å². The van der Waals surface area contributed by atoms with Crippen LogP contribution < -0.4 is 10.7 Å². The van der Waals surface area contributed by atoms with Crippen molar-refractivity contribution in [2.75, 3.05) is 13.2 Å². The van der Waals surface area contributed by atoms with Crippen LogP contribution in [0.1, 0.15) is 20.8 Å². The zero-order valence-corrected chi connectivity index (χ0v) is 9.86. The fourth-order valence-electron chi connectivity index (χ4n) is 1.37. The average Bonchev–Trinajstić information content (AvgIpc) is 2.25. The summed E-state index contributed by atoms with van der Waals surface area (Å²) in [5.74, 6) is 0.565. The Morgan fingerprint density at radius 2 is 1.93 bits per heavy atom. The molecule has 0 unspecified atom stereocenters. The molecule has 2 nitrogen and oxygen atoms in total. The maximum atomic E-state index is 5.82. The van der Waals surface area contributed by atoms with Crippen molar-refractivity contribution < 1.29 is 4.65 Å². The Kier molecular flexibility index (Phi) is 5.44. The van der Waals surface area contributed by atoms with Crippen LogP contribution in [0.4, 0.5) is 0 Å². The molecule has 0 bridgehead atoms. The monoisotopic (exact) mass is 205 g/mol. The maximum Gasteiger partial charge on any atom is 0.415 e. The van der Waals surface area contributed by atoms with E-state index in [4.69, 9.17) is 4.65 Å². The predicted octanol–water partition coefficient (Wildman–Crippen LogP) is 1.66. The Labute approximate surface area is 93.2 Å². The lowest BCUT2D eigenvalue weighted by molar-refractivity contribution is 0.271. The molecule has 0 saturated heterocycles. The van der Waals surface area contributed by atoms with Crippen molar-refractivity contribution in [3.63, 3.8) is 0 Å². The molecule has 3 heteroatoms. The lowest BCUT2D eigenvalue weighted by Gasteiger charge is -2.16. The molecule has 0 fully saturated rings. The smallest absolute Gasteiger partial charge is 0.415 e. The highest BCUT2D eigenvalue weighted by Crippen LogP contribution is 1.95. The van der Waals surface area contributed by atoms with Gasteiger partial charge in [-0.25, -0.2) is 0 Å². The van der Waals surface area contributed by atoms with E-state index < -0.39 is 0 Å². The molecule has 0 aliphatic heterocycles. The summed E-state index contributed by atoms with van der Waals surface area (Å²) in [6, 6.07) is 10.3. The minimum Gasteiger partial charge on any atom is -0.417 e. The van der Waals surface area contributed by atoms with Crippen molar-refractivity contribution in [1.82, 2.24) is 5.23 Å². The van der Waals surface area contributed by atoms with Crippen molar-refractivity contribution in [3.8, 4) is 0 Å². The molecular weight excluding hydrogens is 185 g/mol. The number of benzene rings is 1. The first-order valence-corrected chi connectivity index (χ1v) is 5.64. The highest BCUT2D eigenvalue weighted by Gasteiger charge is 2.17. The molecule has 0 spiro atoms. The summed E-state index contributed by atoms with van der Waals surface area (Å²) in [5, 5.41) is 3.33. The van der Waals surface area contributed by atoms with Crippen LogP contribution >= 0.6 is 0 Å². The first kappa shape index (κ1) is 12.3. The largest absolute Gasteiger partial charge is 0.417 e. The van der Waals surface area contributed by atoms with Crippen LogP contribution in [0.2, 0.25) is 0 Å². The van der Waals surface area contributed by atoms with E-state index in [1.165, 1.54) is 5.46 Å². The normalized spacial score (nSPS) is 10.7. The van der Waals surface area contributed by atoms with Gasteiger partial charge in [0.05, 0.1) is 0 Å². The second-order valence-corrected chi connectivity index (χ2v) is 4.08. The van der Waals surface area contributed by atoms with E-state index in [0.29, 0.717) is 5.92 Å². The van der Waals surface area contributed by atoms with E-state index in [-0.39, 0.29) is 7.05 Å². The summed E-state index contributed by atoms with van der Waals surface area (Å²) >= 11 is 0. The Morgan fingerprint density at radius 1 is 1.27 bits per heavy atom. The van der Waals surface area contributed by atoms with Crippen molar-refractivity contribution in [2.45, 2.75) is 20.8 Å². The first-order chi connectivity index (χ1) is 7.24. The number of rotatable bonds is 6. The van der Waals surface area contributed by atoms with Gasteiger partial charge in [0.15, 0.2) is 0 Å². The molecule has 0 aliphatic carbocycles. The molecule has 0 saturated carbocycles. The minimum absolute atomic E-state index is 0.0265. The third-order valence-corrected chi connectivity index (χ3v) is 2.09. The molecule has 0 atom stereocenters.